The van der Waals surface area contributed by atoms with E-state index in [0.29, 0.717) is 29.5 Å². The highest BCUT2D eigenvalue weighted by molar-refractivity contribution is 5.99. The Morgan fingerprint density at radius 3 is 2.57 bits per heavy atom. The maximum Gasteiger partial charge on any atom is 0.222 e. The van der Waals surface area contributed by atoms with E-state index in [1.165, 1.54) is 0 Å². The molecule has 156 valence electrons. The number of fused-ring (bicyclic) bond motifs is 2. The molecule has 0 saturated carbocycles. The number of carbonyl (C=O) groups is 1. The molecule has 0 fully saturated rings. The molecule has 3 aromatic heterocycles. The van der Waals surface area contributed by atoms with Crippen LogP contribution in [0.4, 0.5) is 11.6 Å². The molecule has 7 nitrogen and oxygen atoms in total. The van der Waals surface area contributed by atoms with Crippen molar-refractivity contribution in [1.82, 2.24) is 15.0 Å². The molecule has 0 aliphatic heterocycles. The van der Waals surface area contributed by atoms with Gasteiger partial charge in [0.05, 0.1) is 18.2 Å². The Morgan fingerprint density at radius 2 is 1.87 bits per heavy atom. The largest absolute Gasteiger partial charge is 0.481 e. The monoisotopic (exact) mass is 405 g/mol. The summed E-state index contributed by atoms with van der Waals surface area (Å²) < 4.78 is 5.39. The van der Waals surface area contributed by atoms with Gasteiger partial charge in [-0.15, -0.1) is 0 Å². The van der Waals surface area contributed by atoms with Crippen molar-refractivity contribution in [3.63, 3.8) is 0 Å². The first kappa shape index (κ1) is 20.2. The van der Waals surface area contributed by atoms with Crippen molar-refractivity contribution in [3.05, 3.63) is 47.4 Å². The van der Waals surface area contributed by atoms with Gasteiger partial charge in [0.15, 0.2) is 5.78 Å². The Hall–Kier alpha value is -3.06. The van der Waals surface area contributed by atoms with Crippen LogP contribution in [0.5, 0.6) is 5.88 Å². The van der Waals surface area contributed by atoms with Gasteiger partial charge in [0, 0.05) is 29.9 Å². The van der Waals surface area contributed by atoms with E-state index in [1.807, 2.05) is 32.0 Å². The number of carbonyl (C=O) groups excluding carboxylic acids is 1. The zero-order valence-corrected chi connectivity index (χ0v) is 18.0. The van der Waals surface area contributed by atoms with E-state index in [2.05, 4.69) is 29.1 Å². The number of methoxy groups -OCH3 is 1. The van der Waals surface area contributed by atoms with Gasteiger partial charge in [0.25, 0.3) is 0 Å². The van der Waals surface area contributed by atoms with E-state index in [-0.39, 0.29) is 11.2 Å². The minimum absolute atomic E-state index is 0.0813. The Labute approximate surface area is 176 Å². The normalized spacial score (nSPS) is 15.7. The van der Waals surface area contributed by atoms with Crippen LogP contribution in [-0.2, 0) is 12.0 Å². The average molecular weight is 406 g/mol. The predicted octanol–water partition coefficient (Wildman–Crippen LogP) is 4.13. The van der Waals surface area contributed by atoms with Crippen LogP contribution in [0.1, 0.15) is 55.7 Å². The fourth-order valence-electron chi connectivity index (χ4n) is 3.99. The molecule has 3 N–H and O–H groups in total. The SMILES string of the molecule is COc1ncc(C(C)(C)N)c2cc(Nc3ccc4c(n3)CC(C)(C)CC4=O)ncc12. The standard InChI is InChI=1S/C23H27N5O2/c1-22(2)9-17-13(18(29)10-22)6-7-19(27-17)28-20-8-14-15(11-25-20)21(30-5)26-12-16(14)23(3,4)24/h6-8,11-12H,9-10,24H2,1-5H3,(H,25,27,28). The van der Waals surface area contributed by atoms with Gasteiger partial charge in [0.1, 0.15) is 11.6 Å². The fourth-order valence-corrected chi connectivity index (χ4v) is 3.99. The molecule has 0 saturated heterocycles. The fraction of sp³-hybridized carbons (Fsp3) is 0.391. The van der Waals surface area contributed by atoms with Crippen LogP contribution < -0.4 is 15.8 Å². The average Bonchev–Trinajstić information content (AvgIpc) is 2.64. The lowest BCUT2D eigenvalue weighted by atomic mass is 9.76. The zero-order chi connectivity index (χ0) is 21.7. The number of hydrogen-bond donors (Lipinski definition) is 2. The number of rotatable bonds is 4. The second-order valence-electron chi connectivity index (χ2n) is 9.27. The zero-order valence-electron chi connectivity index (χ0n) is 18.0. The van der Waals surface area contributed by atoms with Gasteiger partial charge < -0.3 is 15.8 Å². The third-order valence-electron chi connectivity index (χ3n) is 5.44. The summed E-state index contributed by atoms with van der Waals surface area (Å²) >= 11 is 0. The highest BCUT2D eigenvalue weighted by Gasteiger charge is 2.32. The number of aromatic nitrogens is 3. The molecule has 1 aliphatic rings. The van der Waals surface area contributed by atoms with E-state index in [4.69, 9.17) is 15.5 Å². The summed E-state index contributed by atoms with van der Waals surface area (Å²) in [5.74, 6) is 1.94. The molecule has 0 unspecified atom stereocenters. The van der Waals surface area contributed by atoms with Crippen molar-refractivity contribution in [1.29, 1.82) is 0 Å². The van der Waals surface area contributed by atoms with Crippen molar-refractivity contribution in [2.75, 3.05) is 12.4 Å². The van der Waals surface area contributed by atoms with Gasteiger partial charge in [-0.25, -0.2) is 15.0 Å². The van der Waals surface area contributed by atoms with Crippen LogP contribution in [-0.4, -0.2) is 27.8 Å². The number of anilines is 2. The molecule has 0 bridgehead atoms. The van der Waals surface area contributed by atoms with E-state index >= 15 is 0 Å². The number of hydrogen-bond acceptors (Lipinski definition) is 7. The number of ketones is 1. The first-order valence-corrected chi connectivity index (χ1v) is 10.00. The third-order valence-corrected chi connectivity index (χ3v) is 5.44. The Bertz CT molecular complexity index is 1150. The molecule has 0 aromatic carbocycles. The third kappa shape index (κ3) is 3.73. The summed E-state index contributed by atoms with van der Waals surface area (Å²) in [5, 5.41) is 4.98. The Balaban J connectivity index is 1.74. The summed E-state index contributed by atoms with van der Waals surface area (Å²) in [5.41, 5.74) is 8.15. The van der Waals surface area contributed by atoms with Gasteiger partial charge in [0.2, 0.25) is 5.88 Å². The van der Waals surface area contributed by atoms with Gasteiger partial charge in [-0.2, -0.15) is 0 Å². The topological polar surface area (TPSA) is 103 Å². The number of ether oxygens (including phenoxy) is 1. The van der Waals surface area contributed by atoms with E-state index < -0.39 is 5.54 Å². The lowest BCUT2D eigenvalue weighted by molar-refractivity contribution is 0.0910. The van der Waals surface area contributed by atoms with Gasteiger partial charge >= 0.3 is 0 Å². The van der Waals surface area contributed by atoms with Crippen LogP contribution in [0.2, 0.25) is 0 Å². The minimum atomic E-state index is -0.577. The molecule has 0 spiro atoms. The number of Topliss-reactive ketones (excluding diaryl/α,β-unsaturated/α-hetero) is 1. The van der Waals surface area contributed by atoms with Crippen LogP contribution in [0.3, 0.4) is 0 Å². The number of pyridine rings is 3. The van der Waals surface area contributed by atoms with E-state index in [1.54, 1.807) is 19.5 Å². The lowest BCUT2D eigenvalue weighted by Crippen LogP contribution is -2.29. The molecule has 1 aliphatic carbocycles. The van der Waals surface area contributed by atoms with Crippen molar-refractivity contribution >= 4 is 28.2 Å². The number of nitrogens with two attached hydrogens (primary N) is 1. The van der Waals surface area contributed by atoms with E-state index in [0.717, 1.165) is 28.5 Å². The molecule has 3 heterocycles. The van der Waals surface area contributed by atoms with Gasteiger partial charge in [-0.1, -0.05) is 13.8 Å². The molecule has 0 atom stereocenters. The molecule has 0 amide bonds. The van der Waals surface area contributed by atoms with Crippen LogP contribution in [0.15, 0.2) is 30.6 Å². The molecule has 30 heavy (non-hydrogen) atoms. The number of nitrogens with one attached hydrogen (secondary N) is 1. The summed E-state index contributed by atoms with van der Waals surface area (Å²) in [7, 11) is 1.58. The highest BCUT2D eigenvalue weighted by atomic mass is 16.5. The summed E-state index contributed by atoms with van der Waals surface area (Å²) in [4.78, 5) is 26.0. The Kier molecular flexibility index (Phi) is 4.73. The molecule has 7 heteroatoms. The van der Waals surface area contributed by atoms with Crippen molar-refractivity contribution in [3.8, 4) is 5.88 Å². The second kappa shape index (κ2) is 7.02. The number of nitrogens with zero attached hydrogens (tertiary/aromatic N) is 3. The molecular formula is C23H27N5O2. The first-order chi connectivity index (χ1) is 14.1. The molecule has 0 radical (unpaired) electrons. The summed E-state index contributed by atoms with van der Waals surface area (Å²) in [6.07, 6.45) is 4.79. The van der Waals surface area contributed by atoms with Crippen molar-refractivity contribution in [2.24, 2.45) is 11.1 Å². The summed E-state index contributed by atoms with van der Waals surface area (Å²) in [6, 6.07) is 5.60. The molecule has 3 aromatic rings. The lowest BCUT2D eigenvalue weighted by Gasteiger charge is -2.29. The van der Waals surface area contributed by atoms with Gasteiger partial charge in [-0.05, 0) is 54.8 Å². The van der Waals surface area contributed by atoms with E-state index in [9.17, 15) is 4.79 Å². The molecule has 4 rings (SSSR count). The van der Waals surface area contributed by atoms with Crippen LogP contribution in [0.25, 0.3) is 10.8 Å². The quantitative estimate of drug-likeness (QED) is 0.673. The van der Waals surface area contributed by atoms with Crippen molar-refractivity contribution in [2.45, 2.75) is 46.1 Å². The minimum Gasteiger partial charge on any atom is -0.481 e. The first-order valence-electron chi connectivity index (χ1n) is 10.00. The summed E-state index contributed by atoms with van der Waals surface area (Å²) in [6.45, 7) is 8.07. The maximum absolute atomic E-state index is 12.4. The smallest absolute Gasteiger partial charge is 0.222 e. The Morgan fingerprint density at radius 1 is 1.10 bits per heavy atom. The van der Waals surface area contributed by atoms with Crippen molar-refractivity contribution < 1.29 is 9.53 Å². The maximum atomic E-state index is 12.4. The second-order valence-corrected chi connectivity index (χ2v) is 9.27. The highest BCUT2D eigenvalue weighted by Crippen LogP contribution is 2.35. The molecular weight excluding hydrogens is 378 g/mol. The van der Waals surface area contributed by atoms with Crippen LogP contribution >= 0.6 is 0 Å². The predicted molar refractivity (Wildman–Crippen MR) is 117 cm³/mol. The van der Waals surface area contributed by atoms with Gasteiger partial charge in [-0.3, -0.25) is 4.79 Å². The van der Waals surface area contributed by atoms with Crippen LogP contribution in [0, 0.1) is 5.41 Å².